The molecule has 2 aromatic rings. The van der Waals surface area contributed by atoms with E-state index in [1.165, 1.54) is 0 Å². The van der Waals surface area contributed by atoms with E-state index in [0.717, 1.165) is 11.3 Å². The molecule has 4 nitrogen and oxygen atoms in total. The summed E-state index contributed by atoms with van der Waals surface area (Å²) in [6.07, 6.45) is 0. The summed E-state index contributed by atoms with van der Waals surface area (Å²) in [5.41, 5.74) is 0.854. The topological polar surface area (TPSA) is 55.4 Å². The molecule has 0 aromatic heterocycles. The third-order valence-corrected chi connectivity index (χ3v) is 6.14. The van der Waals surface area contributed by atoms with Crippen molar-refractivity contribution in [1.82, 2.24) is 4.72 Å². The molecule has 1 atom stereocenters. The van der Waals surface area contributed by atoms with Gasteiger partial charge in [0.15, 0.2) is 0 Å². The molecule has 1 unspecified atom stereocenters. The molecule has 0 aliphatic carbocycles. The van der Waals surface area contributed by atoms with E-state index in [-0.39, 0.29) is 10.9 Å². The van der Waals surface area contributed by atoms with Gasteiger partial charge >= 0.3 is 0 Å². The van der Waals surface area contributed by atoms with Gasteiger partial charge in [0.25, 0.3) is 0 Å². The van der Waals surface area contributed by atoms with Crippen LogP contribution in [0.15, 0.2) is 56.3 Å². The third kappa shape index (κ3) is 3.01. The van der Waals surface area contributed by atoms with Crippen LogP contribution in [0.4, 0.5) is 0 Å². The molecule has 0 fully saturated rings. The molecule has 110 valence electrons. The lowest BCUT2D eigenvalue weighted by Crippen LogP contribution is -2.29. The van der Waals surface area contributed by atoms with Crippen molar-refractivity contribution in [2.24, 2.45) is 0 Å². The number of fused-ring (bicyclic) bond motifs is 1. The van der Waals surface area contributed by atoms with E-state index in [2.05, 4.69) is 36.6 Å². The molecule has 21 heavy (non-hydrogen) atoms. The highest BCUT2D eigenvalue weighted by Crippen LogP contribution is 2.34. The number of rotatable bonds is 3. The monoisotopic (exact) mass is 431 g/mol. The fourth-order valence-corrected chi connectivity index (χ4v) is 4.90. The minimum absolute atomic E-state index is 0.196. The highest BCUT2D eigenvalue weighted by atomic mass is 79.9. The van der Waals surface area contributed by atoms with Crippen LogP contribution in [0.5, 0.6) is 5.75 Å². The van der Waals surface area contributed by atoms with Crippen molar-refractivity contribution >= 4 is 41.9 Å². The van der Waals surface area contributed by atoms with Gasteiger partial charge in [-0.1, -0.05) is 34.1 Å². The van der Waals surface area contributed by atoms with Crippen LogP contribution in [0.3, 0.4) is 0 Å². The van der Waals surface area contributed by atoms with E-state index in [9.17, 15) is 8.42 Å². The Balaban J connectivity index is 1.93. The number of hydrogen-bond acceptors (Lipinski definition) is 3. The van der Waals surface area contributed by atoms with E-state index in [1.807, 2.05) is 24.3 Å². The molecular formula is C14H11Br2NO3S. The van der Waals surface area contributed by atoms with Gasteiger partial charge in [-0.3, -0.25) is 0 Å². The Labute approximate surface area is 139 Å². The molecule has 0 spiro atoms. The van der Waals surface area contributed by atoms with E-state index in [4.69, 9.17) is 4.74 Å². The van der Waals surface area contributed by atoms with Crippen molar-refractivity contribution in [3.05, 3.63) is 57.0 Å². The molecule has 0 radical (unpaired) electrons. The lowest BCUT2D eigenvalue weighted by molar-refractivity contribution is 0.325. The summed E-state index contributed by atoms with van der Waals surface area (Å²) in [4.78, 5) is 0.196. The van der Waals surface area contributed by atoms with Gasteiger partial charge in [-0.15, -0.1) is 0 Å². The van der Waals surface area contributed by atoms with Crippen LogP contribution in [-0.2, 0) is 10.0 Å². The molecule has 0 saturated carbocycles. The Morgan fingerprint density at radius 3 is 2.71 bits per heavy atom. The number of benzene rings is 2. The summed E-state index contributed by atoms with van der Waals surface area (Å²) in [5.74, 6) is 0.721. The standard InChI is InChI=1S/C14H11Br2NO3S/c15-9-5-6-11(16)14(7-9)21(18,19)17-12-8-20-13-4-2-1-3-10(12)13/h1-7,12,17H,8H2. The fourth-order valence-electron chi connectivity index (χ4n) is 2.19. The molecule has 7 heteroatoms. The van der Waals surface area contributed by atoms with Gasteiger partial charge in [-0.05, 0) is 40.2 Å². The molecule has 0 saturated heterocycles. The summed E-state index contributed by atoms with van der Waals surface area (Å²) in [6, 6.07) is 12.1. The van der Waals surface area contributed by atoms with Crippen molar-refractivity contribution in [3.8, 4) is 5.75 Å². The van der Waals surface area contributed by atoms with E-state index >= 15 is 0 Å². The molecule has 0 bridgehead atoms. The van der Waals surface area contributed by atoms with Crippen LogP contribution in [0.25, 0.3) is 0 Å². The second-order valence-electron chi connectivity index (χ2n) is 4.60. The second kappa shape index (κ2) is 5.72. The molecule has 0 amide bonds. The highest BCUT2D eigenvalue weighted by Gasteiger charge is 2.29. The van der Waals surface area contributed by atoms with E-state index in [0.29, 0.717) is 15.6 Å². The number of sulfonamides is 1. The summed E-state index contributed by atoms with van der Waals surface area (Å²) >= 11 is 6.57. The van der Waals surface area contributed by atoms with Crippen LogP contribution < -0.4 is 9.46 Å². The number of ether oxygens (including phenoxy) is 1. The first-order valence-electron chi connectivity index (χ1n) is 6.16. The highest BCUT2D eigenvalue weighted by molar-refractivity contribution is 9.11. The molecule has 2 aromatic carbocycles. The number of halogens is 2. The Kier molecular flexibility index (Phi) is 4.09. The maximum absolute atomic E-state index is 12.6. The molecule has 3 rings (SSSR count). The van der Waals surface area contributed by atoms with Crippen molar-refractivity contribution in [1.29, 1.82) is 0 Å². The second-order valence-corrected chi connectivity index (χ2v) is 8.05. The predicted molar refractivity (Wildman–Crippen MR) is 86.8 cm³/mol. The van der Waals surface area contributed by atoms with Gasteiger partial charge in [0.05, 0.1) is 10.9 Å². The Hall–Kier alpha value is -0.890. The van der Waals surface area contributed by atoms with E-state index in [1.54, 1.807) is 18.2 Å². The SMILES string of the molecule is O=S(=O)(NC1COc2ccccc21)c1cc(Br)ccc1Br. The fraction of sp³-hybridized carbons (Fsp3) is 0.143. The van der Waals surface area contributed by atoms with Gasteiger partial charge in [0, 0.05) is 14.5 Å². The van der Waals surface area contributed by atoms with Crippen molar-refractivity contribution < 1.29 is 13.2 Å². The lowest BCUT2D eigenvalue weighted by atomic mass is 10.1. The molecule has 1 aliphatic heterocycles. The van der Waals surface area contributed by atoms with Gasteiger partial charge in [-0.2, -0.15) is 0 Å². The normalized spacial score (nSPS) is 17.3. The summed E-state index contributed by atoms with van der Waals surface area (Å²) < 4.78 is 34.5. The predicted octanol–water partition coefficient (Wildman–Crippen LogP) is 3.62. The Morgan fingerprint density at radius 2 is 1.90 bits per heavy atom. The Morgan fingerprint density at radius 1 is 1.14 bits per heavy atom. The maximum Gasteiger partial charge on any atom is 0.242 e. The van der Waals surface area contributed by atoms with Crippen LogP contribution in [0.1, 0.15) is 11.6 Å². The number of hydrogen-bond donors (Lipinski definition) is 1. The van der Waals surface area contributed by atoms with Gasteiger partial charge in [0.1, 0.15) is 12.4 Å². The van der Waals surface area contributed by atoms with Crippen LogP contribution in [0, 0.1) is 0 Å². The minimum Gasteiger partial charge on any atom is -0.491 e. The van der Waals surface area contributed by atoms with Crippen molar-refractivity contribution in [2.45, 2.75) is 10.9 Å². The van der Waals surface area contributed by atoms with Gasteiger partial charge < -0.3 is 4.74 Å². The van der Waals surface area contributed by atoms with Crippen LogP contribution in [-0.4, -0.2) is 15.0 Å². The average Bonchev–Trinajstić information content (AvgIpc) is 2.84. The molecule has 1 heterocycles. The Bertz CT molecular complexity index is 793. The van der Waals surface area contributed by atoms with Crippen LogP contribution in [0.2, 0.25) is 0 Å². The zero-order chi connectivity index (χ0) is 15.0. The first-order valence-corrected chi connectivity index (χ1v) is 9.23. The zero-order valence-corrected chi connectivity index (χ0v) is 14.7. The lowest BCUT2D eigenvalue weighted by Gasteiger charge is -2.13. The van der Waals surface area contributed by atoms with Crippen molar-refractivity contribution in [3.63, 3.8) is 0 Å². The van der Waals surface area contributed by atoms with E-state index < -0.39 is 10.0 Å². The molecule has 1 aliphatic rings. The van der Waals surface area contributed by atoms with Crippen LogP contribution >= 0.6 is 31.9 Å². The first-order chi connectivity index (χ1) is 9.97. The number of nitrogens with one attached hydrogen (secondary N) is 1. The quantitative estimate of drug-likeness (QED) is 0.805. The third-order valence-electron chi connectivity index (χ3n) is 3.18. The largest absolute Gasteiger partial charge is 0.491 e. The number of para-hydroxylation sites is 1. The smallest absolute Gasteiger partial charge is 0.242 e. The average molecular weight is 433 g/mol. The summed E-state index contributed by atoms with van der Waals surface area (Å²) in [7, 11) is -3.65. The minimum atomic E-state index is -3.65. The zero-order valence-electron chi connectivity index (χ0n) is 10.7. The molecular weight excluding hydrogens is 422 g/mol. The first kappa shape index (κ1) is 15.0. The summed E-state index contributed by atoms with van der Waals surface area (Å²) in [5, 5.41) is 0. The van der Waals surface area contributed by atoms with Gasteiger partial charge in [-0.25, -0.2) is 13.1 Å². The molecule has 1 N–H and O–H groups in total. The maximum atomic E-state index is 12.6. The van der Waals surface area contributed by atoms with Crippen molar-refractivity contribution in [2.75, 3.05) is 6.61 Å². The summed E-state index contributed by atoms with van der Waals surface area (Å²) in [6.45, 7) is 0.296. The van der Waals surface area contributed by atoms with Gasteiger partial charge in [0.2, 0.25) is 10.0 Å².